The van der Waals surface area contributed by atoms with Gasteiger partial charge in [-0.25, -0.2) is 4.79 Å². The number of furan rings is 1. The molecule has 0 aliphatic carbocycles. The average molecular weight is 358 g/mol. The highest BCUT2D eigenvalue weighted by Gasteiger charge is 2.11. The van der Waals surface area contributed by atoms with E-state index in [1.165, 1.54) is 6.26 Å². The van der Waals surface area contributed by atoms with Crippen molar-refractivity contribution in [2.45, 2.75) is 0 Å². The van der Waals surface area contributed by atoms with E-state index in [1.807, 2.05) is 12.1 Å². The van der Waals surface area contributed by atoms with Gasteiger partial charge in [0.25, 0.3) is 5.91 Å². The minimum absolute atomic E-state index is 0.212. The summed E-state index contributed by atoms with van der Waals surface area (Å²) >= 11 is 0. The Morgan fingerprint density at radius 2 is 1.81 bits per heavy atom. The third-order valence-corrected chi connectivity index (χ3v) is 3.95. The summed E-state index contributed by atoms with van der Waals surface area (Å²) in [6, 6.07) is 16.9. The largest absolute Gasteiger partial charge is 0.459 e. The molecule has 4 aromatic rings. The van der Waals surface area contributed by atoms with E-state index >= 15 is 0 Å². The van der Waals surface area contributed by atoms with Crippen molar-refractivity contribution in [2.24, 2.45) is 0 Å². The van der Waals surface area contributed by atoms with Gasteiger partial charge in [-0.1, -0.05) is 6.07 Å². The zero-order valence-electron chi connectivity index (χ0n) is 14.1. The summed E-state index contributed by atoms with van der Waals surface area (Å²) in [4.78, 5) is 28.3. The Morgan fingerprint density at radius 1 is 0.963 bits per heavy atom. The number of carbonyl (C=O) groups is 2. The predicted octanol–water partition coefficient (Wildman–Crippen LogP) is 4.30. The fraction of sp³-hybridized carbons (Fsp3) is 0. The fourth-order valence-corrected chi connectivity index (χ4v) is 2.58. The van der Waals surface area contributed by atoms with Crippen LogP contribution in [0.4, 0.5) is 5.69 Å². The Bertz CT molecular complexity index is 1100. The van der Waals surface area contributed by atoms with Crippen LogP contribution in [-0.4, -0.2) is 16.9 Å². The quantitative estimate of drug-likeness (QED) is 0.434. The Kier molecular flexibility index (Phi) is 4.37. The molecule has 0 saturated carbocycles. The Morgan fingerprint density at radius 3 is 2.59 bits per heavy atom. The molecular weight excluding hydrogens is 344 g/mol. The predicted molar refractivity (Wildman–Crippen MR) is 99.8 cm³/mol. The van der Waals surface area contributed by atoms with E-state index in [0.717, 1.165) is 10.8 Å². The number of amides is 1. The molecule has 0 aliphatic heterocycles. The molecule has 27 heavy (non-hydrogen) atoms. The molecule has 0 spiro atoms. The molecule has 4 rings (SSSR count). The monoisotopic (exact) mass is 358 g/mol. The Labute approximate surface area is 154 Å². The van der Waals surface area contributed by atoms with Crippen LogP contribution in [0, 0.1) is 0 Å². The molecule has 6 heteroatoms. The van der Waals surface area contributed by atoms with Crippen LogP contribution >= 0.6 is 0 Å². The lowest BCUT2D eigenvalue weighted by molar-refractivity contribution is 0.0735. The number of pyridine rings is 1. The third-order valence-electron chi connectivity index (χ3n) is 3.95. The molecule has 0 aliphatic rings. The second kappa shape index (κ2) is 7.13. The van der Waals surface area contributed by atoms with Gasteiger partial charge in [0, 0.05) is 23.5 Å². The lowest BCUT2D eigenvalue weighted by Crippen LogP contribution is -2.12. The van der Waals surface area contributed by atoms with E-state index < -0.39 is 5.97 Å². The highest BCUT2D eigenvalue weighted by Crippen LogP contribution is 2.21. The van der Waals surface area contributed by atoms with Crippen molar-refractivity contribution < 1.29 is 18.7 Å². The molecule has 2 aromatic heterocycles. The maximum atomic E-state index is 12.3. The molecule has 0 radical (unpaired) electrons. The first-order valence-electron chi connectivity index (χ1n) is 8.20. The minimum atomic E-state index is -0.484. The van der Waals surface area contributed by atoms with Gasteiger partial charge in [-0.2, -0.15) is 0 Å². The zero-order chi connectivity index (χ0) is 18.6. The van der Waals surface area contributed by atoms with Gasteiger partial charge in [-0.05, 0) is 60.0 Å². The minimum Gasteiger partial charge on any atom is -0.459 e. The van der Waals surface area contributed by atoms with Crippen molar-refractivity contribution in [1.29, 1.82) is 0 Å². The summed E-state index contributed by atoms with van der Waals surface area (Å²) in [7, 11) is 0. The summed E-state index contributed by atoms with van der Waals surface area (Å²) < 4.78 is 10.5. The zero-order valence-corrected chi connectivity index (χ0v) is 14.1. The second-order valence-corrected chi connectivity index (χ2v) is 5.78. The van der Waals surface area contributed by atoms with Crippen molar-refractivity contribution in [1.82, 2.24) is 4.98 Å². The van der Waals surface area contributed by atoms with E-state index in [0.29, 0.717) is 17.0 Å². The number of ether oxygens (including phenoxy) is 1. The molecule has 2 aromatic carbocycles. The van der Waals surface area contributed by atoms with Crippen LogP contribution < -0.4 is 10.1 Å². The average Bonchev–Trinajstić information content (AvgIpc) is 3.23. The van der Waals surface area contributed by atoms with E-state index in [2.05, 4.69) is 10.3 Å². The topological polar surface area (TPSA) is 81.4 Å². The van der Waals surface area contributed by atoms with Crippen LogP contribution in [0.2, 0.25) is 0 Å². The Hall–Kier alpha value is -3.93. The number of aromatic nitrogens is 1. The molecular formula is C21H14N2O4. The lowest BCUT2D eigenvalue weighted by atomic mass is 10.1. The number of nitrogens with one attached hydrogen (secondary N) is 1. The second-order valence-electron chi connectivity index (χ2n) is 5.78. The molecule has 6 nitrogen and oxygen atoms in total. The fourth-order valence-electron chi connectivity index (χ4n) is 2.58. The molecule has 0 saturated heterocycles. The van der Waals surface area contributed by atoms with Crippen LogP contribution in [0.3, 0.4) is 0 Å². The molecule has 132 valence electrons. The number of benzene rings is 2. The molecule has 1 N–H and O–H groups in total. The van der Waals surface area contributed by atoms with E-state index in [4.69, 9.17) is 9.15 Å². The first-order chi connectivity index (χ1) is 13.2. The SMILES string of the molecule is O=C(Oc1ccc2ccncc2c1)c1ccc(NC(=O)c2ccco2)cc1. The molecule has 1 amide bonds. The number of nitrogens with zero attached hydrogens (tertiary/aromatic N) is 1. The third kappa shape index (κ3) is 3.69. The number of fused-ring (bicyclic) bond motifs is 1. The van der Waals surface area contributed by atoms with Crippen LogP contribution in [-0.2, 0) is 0 Å². The molecule has 0 bridgehead atoms. The number of esters is 1. The maximum absolute atomic E-state index is 12.3. The number of hydrogen-bond acceptors (Lipinski definition) is 5. The molecule has 0 unspecified atom stereocenters. The first kappa shape index (κ1) is 16.5. The Balaban J connectivity index is 1.44. The summed E-state index contributed by atoms with van der Waals surface area (Å²) in [5.74, 6) is -0.192. The lowest BCUT2D eigenvalue weighted by Gasteiger charge is -2.07. The van der Waals surface area contributed by atoms with Crippen LogP contribution in [0.15, 0.2) is 83.7 Å². The van der Waals surface area contributed by atoms with Crippen LogP contribution in [0.25, 0.3) is 10.8 Å². The van der Waals surface area contributed by atoms with Gasteiger partial charge in [0.1, 0.15) is 5.75 Å². The standard InChI is InChI=1S/C21H14N2O4/c24-20(19-2-1-11-26-19)23-17-6-3-15(4-7-17)21(25)27-18-8-5-14-9-10-22-13-16(14)12-18/h1-13H,(H,23,24). The number of carbonyl (C=O) groups excluding carboxylic acids is 2. The van der Waals surface area contributed by atoms with Gasteiger partial charge in [0.15, 0.2) is 5.76 Å². The summed E-state index contributed by atoms with van der Waals surface area (Å²) in [5.41, 5.74) is 0.919. The van der Waals surface area contributed by atoms with Gasteiger partial charge in [-0.15, -0.1) is 0 Å². The van der Waals surface area contributed by atoms with Crippen molar-refractivity contribution in [3.8, 4) is 5.75 Å². The first-order valence-corrected chi connectivity index (χ1v) is 8.20. The van der Waals surface area contributed by atoms with Crippen molar-refractivity contribution in [3.05, 3.63) is 90.6 Å². The van der Waals surface area contributed by atoms with E-state index in [-0.39, 0.29) is 11.7 Å². The summed E-state index contributed by atoms with van der Waals surface area (Å²) in [5, 5.41) is 4.59. The molecule has 0 atom stereocenters. The van der Waals surface area contributed by atoms with Crippen molar-refractivity contribution >= 4 is 28.3 Å². The summed E-state index contributed by atoms with van der Waals surface area (Å²) in [6.45, 7) is 0. The summed E-state index contributed by atoms with van der Waals surface area (Å²) in [6.07, 6.45) is 4.85. The number of anilines is 1. The highest BCUT2D eigenvalue weighted by molar-refractivity contribution is 6.02. The van der Waals surface area contributed by atoms with Gasteiger partial charge < -0.3 is 14.5 Å². The van der Waals surface area contributed by atoms with Crippen LogP contribution in [0.5, 0.6) is 5.75 Å². The van der Waals surface area contributed by atoms with E-state index in [1.54, 1.807) is 60.9 Å². The van der Waals surface area contributed by atoms with Crippen molar-refractivity contribution in [3.63, 3.8) is 0 Å². The van der Waals surface area contributed by atoms with Crippen molar-refractivity contribution in [2.75, 3.05) is 5.32 Å². The molecule has 0 fully saturated rings. The maximum Gasteiger partial charge on any atom is 0.343 e. The van der Waals surface area contributed by atoms with Gasteiger partial charge in [0.05, 0.1) is 11.8 Å². The van der Waals surface area contributed by atoms with Crippen LogP contribution in [0.1, 0.15) is 20.9 Å². The normalized spacial score (nSPS) is 10.5. The van der Waals surface area contributed by atoms with Gasteiger partial charge >= 0.3 is 5.97 Å². The molecule has 2 heterocycles. The van der Waals surface area contributed by atoms with Gasteiger partial charge in [-0.3, -0.25) is 9.78 Å². The highest BCUT2D eigenvalue weighted by atomic mass is 16.5. The van der Waals surface area contributed by atoms with Gasteiger partial charge in [0.2, 0.25) is 0 Å². The smallest absolute Gasteiger partial charge is 0.343 e. The number of rotatable bonds is 4. The number of hydrogen-bond donors (Lipinski definition) is 1. The van der Waals surface area contributed by atoms with E-state index in [9.17, 15) is 9.59 Å².